The first kappa shape index (κ1) is 22.6. The van der Waals surface area contributed by atoms with Crippen molar-refractivity contribution in [3.05, 3.63) is 94.8 Å². The van der Waals surface area contributed by atoms with Crippen LogP contribution in [0.5, 0.6) is 11.5 Å². The summed E-state index contributed by atoms with van der Waals surface area (Å²) in [5.41, 5.74) is 3.13. The smallest absolute Gasteiger partial charge is 0.266 e. The fraction of sp³-hybridized carbons (Fsp3) is 0.154. The van der Waals surface area contributed by atoms with E-state index in [-0.39, 0.29) is 5.57 Å². The van der Waals surface area contributed by atoms with Crippen LogP contribution in [0, 0.1) is 24.1 Å². The van der Waals surface area contributed by atoms with Gasteiger partial charge in [-0.3, -0.25) is 4.79 Å². The molecule has 0 spiro atoms. The number of nitrogens with zero attached hydrogens (tertiary/aromatic N) is 1. The van der Waals surface area contributed by atoms with Crippen molar-refractivity contribution in [2.75, 3.05) is 11.9 Å². The highest BCUT2D eigenvalue weighted by Crippen LogP contribution is 2.30. The van der Waals surface area contributed by atoms with Crippen LogP contribution < -0.4 is 14.8 Å². The molecular weight excluding hydrogens is 407 g/mol. The molecule has 32 heavy (non-hydrogen) atoms. The summed E-state index contributed by atoms with van der Waals surface area (Å²) in [4.78, 5) is 12.4. The van der Waals surface area contributed by atoms with Gasteiger partial charge < -0.3 is 14.8 Å². The second-order valence-electron chi connectivity index (χ2n) is 7.04. The Bertz CT molecular complexity index is 1150. The van der Waals surface area contributed by atoms with Crippen LogP contribution >= 0.6 is 0 Å². The standard InChI is InChI=1S/C26H23FN2O3/c1-3-31-25-15-20(8-13-24(25)32-17-19-6-4-18(2)5-7-19)14-21(16-28)26(30)29-23-11-9-22(27)10-12-23/h4-15H,3,17H2,1-2H3,(H,29,30)/b21-14-. The summed E-state index contributed by atoms with van der Waals surface area (Å²) in [6, 6.07) is 20.5. The predicted octanol–water partition coefficient (Wildman–Crippen LogP) is 5.66. The van der Waals surface area contributed by atoms with E-state index in [2.05, 4.69) is 5.32 Å². The summed E-state index contributed by atoms with van der Waals surface area (Å²) < 4.78 is 24.7. The Morgan fingerprint density at radius 1 is 1.03 bits per heavy atom. The number of hydrogen-bond donors (Lipinski definition) is 1. The van der Waals surface area contributed by atoms with Crippen molar-refractivity contribution < 1.29 is 18.7 Å². The van der Waals surface area contributed by atoms with Crippen molar-refractivity contribution in [1.29, 1.82) is 5.26 Å². The van der Waals surface area contributed by atoms with Crippen LogP contribution in [0.2, 0.25) is 0 Å². The highest BCUT2D eigenvalue weighted by Gasteiger charge is 2.12. The molecule has 0 saturated carbocycles. The van der Waals surface area contributed by atoms with Gasteiger partial charge in [0.05, 0.1) is 6.61 Å². The number of carbonyl (C=O) groups excluding carboxylic acids is 1. The van der Waals surface area contributed by atoms with E-state index >= 15 is 0 Å². The number of benzene rings is 3. The molecule has 0 aliphatic carbocycles. The molecule has 0 bridgehead atoms. The van der Waals surface area contributed by atoms with Crippen LogP contribution in [0.25, 0.3) is 6.08 Å². The third-order valence-corrected chi connectivity index (χ3v) is 4.56. The largest absolute Gasteiger partial charge is 0.490 e. The van der Waals surface area contributed by atoms with Crippen LogP contribution in [0.4, 0.5) is 10.1 Å². The number of aryl methyl sites for hydroxylation is 1. The molecule has 5 nitrogen and oxygen atoms in total. The van der Waals surface area contributed by atoms with Gasteiger partial charge in [-0.1, -0.05) is 35.9 Å². The first-order chi connectivity index (χ1) is 15.5. The molecule has 0 aliphatic heterocycles. The van der Waals surface area contributed by atoms with Crippen LogP contribution in [0.15, 0.2) is 72.3 Å². The normalized spacial score (nSPS) is 10.9. The molecule has 3 rings (SSSR count). The monoisotopic (exact) mass is 430 g/mol. The lowest BCUT2D eigenvalue weighted by atomic mass is 10.1. The van der Waals surface area contributed by atoms with E-state index in [0.717, 1.165) is 5.56 Å². The topological polar surface area (TPSA) is 71.3 Å². The maximum Gasteiger partial charge on any atom is 0.266 e. The molecule has 3 aromatic rings. The summed E-state index contributed by atoms with van der Waals surface area (Å²) >= 11 is 0. The van der Waals surface area contributed by atoms with Crippen LogP contribution in [0.3, 0.4) is 0 Å². The third kappa shape index (κ3) is 6.19. The lowest BCUT2D eigenvalue weighted by Crippen LogP contribution is -2.13. The van der Waals surface area contributed by atoms with E-state index in [1.54, 1.807) is 18.2 Å². The number of amides is 1. The number of nitriles is 1. The number of anilines is 1. The van der Waals surface area contributed by atoms with Gasteiger partial charge in [0.25, 0.3) is 5.91 Å². The average Bonchev–Trinajstić information content (AvgIpc) is 2.79. The van der Waals surface area contributed by atoms with Gasteiger partial charge in [0.15, 0.2) is 11.5 Å². The Labute approximate surface area is 186 Å². The van der Waals surface area contributed by atoms with Crippen molar-refractivity contribution in [3.63, 3.8) is 0 Å². The molecule has 0 atom stereocenters. The molecule has 0 saturated heterocycles. The van der Waals surface area contributed by atoms with Crippen molar-refractivity contribution in [2.24, 2.45) is 0 Å². The summed E-state index contributed by atoms with van der Waals surface area (Å²) in [5, 5.41) is 12.0. The molecule has 0 aromatic heterocycles. The Kier molecular flexibility index (Phi) is 7.60. The molecule has 162 valence electrons. The van der Waals surface area contributed by atoms with Gasteiger partial charge >= 0.3 is 0 Å². The van der Waals surface area contributed by atoms with E-state index < -0.39 is 11.7 Å². The molecule has 0 heterocycles. The molecule has 0 aliphatic rings. The summed E-state index contributed by atoms with van der Waals surface area (Å²) in [7, 11) is 0. The number of halogens is 1. The van der Waals surface area contributed by atoms with E-state index in [1.807, 2.05) is 44.2 Å². The fourth-order valence-corrected chi connectivity index (χ4v) is 2.89. The molecule has 1 N–H and O–H groups in total. The molecule has 3 aromatic carbocycles. The van der Waals surface area contributed by atoms with E-state index in [0.29, 0.717) is 36.0 Å². The SMILES string of the molecule is CCOc1cc(/C=C(/C#N)C(=O)Nc2ccc(F)cc2)ccc1OCc1ccc(C)cc1. The highest BCUT2D eigenvalue weighted by molar-refractivity contribution is 6.09. The van der Waals surface area contributed by atoms with E-state index in [4.69, 9.17) is 9.47 Å². The Morgan fingerprint density at radius 2 is 1.75 bits per heavy atom. The Balaban J connectivity index is 1.76. The minimum Gasteiger partial charge on any atom is -0.490 e. The molecule has 0 fully saturated rings. The Morgan fingerprint density at radius 3 is 2.41 bits per heavy atom. The first-order valence-corrected chi connectivity index (χ1v) is 10.1. The molecule has 0 unspecified atom stereocenters. The van der Waals surface area contributed by atoms with Gasteiger partial charge in [0, 0.05) is 5.69 Å². The molecular formula is C26H23FN2O3. The van der Waals surface area contributed by atoms with E-state index in [1.165, 1.54) is 35.9 Å². The van der Waals surface area contributed by atoms with Gasteiger partial charge in [0.2, 0.25) is 0 Å². The zero-order valence-electron chi connectivity index (χ0n) is 17.9. The minimum absolute atomic E-state index is 0.0925. The molecule has 6 heteroatoms. The quantitative estimate of drug-likeness (QED) is 0.370. The number of hydrogen-bond acceptors (Lipinski definition) is 4. The number of rotatable bonds is 8. The van der Waals surface area contributed by atoms with E-state index in [9.17, 15) is 14.4 Å². The lowest BCUT2D eigenvalue weighted by molar-refractivity contribution is -0.112. The number of ether oxygens (including phenoxy) is 2. The number of nitrogens with one attached hydrogen (secondary N) is 1. The average molecular weight is 430 g/mol. The van der Waals surface area contributed by atoms with Gasteiger partial charge in [0.1, 0.15) is 24.1 Å². The predicted molar refractivity (Wildman–Crippen MR) is 122 cm³/mol. The van der Waals surface area contributed by atoms with Gasteiger partial charge in [-0.2, -0.15) is 5.26 Å². The summed E-state index contributed by atoms with van der Waals surface area (Å²) in [6.45, 7) is 4.71. The first-order valence-electron chi connectivity index (χ1n) is 10.1. The van der Waals surface area contributed by atoms with Crippen LogP contribution in [-0.4, -0.2) is 12.5 Å². The zero-order chi connectivity index (χ0) is 22.9. The van der Waals surface area contributed by atoms with Crippen molar-refractivity contribution in [3.8, 4) is 17.6 Å². The van der Waals surface area contributed by atoms with Crippen molar-refractivity contribution in [2.45, 2.75) is 20.5 Å². The van der Waals surface area contributed by atoms with Crippen LogP contribution in [0.1, 0.15) is 23.6 Å². The van der Waals surface area contributed by atoms with Gasteiger partial charge in [-0.25, -0.2) is 4.39 Å². The van der Waals surface area contributed by atoms with Gasteiger partial charge in [-0.05, 0) is 67.4 Å². The van der Waals surface area contributed by atoms with Crippen molar-refractivity contribution in [1.82, 2.24) is 0 Å². The summed E-state index contributed by atoms with van der Waals surface area (Å²) in [5.74, 6) is 0.0902. The van der Waals surface area contributed by atoms with Gasteiger partial charge in [-0.15, -0.1) is 0 Å². The molecule has 0 radical (unpaired) electrons. The fourth-order valence-electron chi connectivity index (χ4n) is 2.89. The minimum atomic E-state index is -0.586. The third-order valence-electron chi connectivity index (χ3n) is 4.56. The maximum absolute atomic E-state index is 13.0. The van der Waals surface area contributed by atoms with Crippen molar-refractivity contribution >= 4 is 17.7 Å². The van der Waals surface area contributed by atoms with Crippen LogP contribution in [-0.2, 0) is 11.4 Å². The second-order valence-corrected chi connectivity index (χ2v) is 7.04. The lowest BCUT2D eigenvalue weighted by Gasteiger charge is -2.13. The number of carbonyl (C=O) groups is 1. The molecule has 1 amide bonds. The summed E-state index contributed by atoms with van der Waals surface area (Å²) in [6.07, 6.45) is 1.46. The highest BCUT2D eigenvalue weighted by atomic mass is 19.1. The zero-order valence-corrected chi connectivity index (χ0v) is 17.9. The second kappa shape index (κ2) is 10.8. The Hall–Kier alpha value is -4.11. The maximum atomic E-state index is 13.0.